The van der Waals surface area contributed by atoms with Crippen LogP contribution in [0.4, 0.5) is 0 Å². The highest BCUT2D eigenvalue weighted by Crippen LogP contribution is 2.22. The molecule has 1 N–H and O–H groups in total. The molecule has 0 aliphatic carbocycles. The Hall–Kier alpha value is -0.120. The predicted molar refractivity (Wildman–Crippen MR) is 73.4 cm³/mol. The second-order valence-corrected chi connectivity index (χ2v) is 6.24. The smallest absolute Gasteiger partial charge is 0.0698 e. The third-order valence-corrected chi connectivity index (χ3v) is 3.73. The van der Waals surface area contributed by atoms with E-state index in [1.165, 1.54) is 19.4 Å². The molecule has 0 amide bonds. The van der Waals surface area contributed by atoms with E-state index in [1.807, 2.05) is 7.11 Å². The lowest BCUT2D eigenvalue weighted by Gasteiger charge is -2.39. The summed E-state index contributed by atoms with van der Waals surface area (Å²) in [5, 5.41) is 3.62. The molecule has 1 rings (SSSR count). The molecule has 0 aromatic heterocycles. The van der Waals surface area contributed by atoms with Crippen molar-refractivity contribution >= 4 is 0 Å². The van der Waals surface area contributed by atoms with E-state index in [2.05, 4.69) is 37.9 Å². The lowest BCUT2D eigenvalue weighted by atomic mass is 9.86. The Kier molecular flexibility index (Phi) is 5.90. The minimum Gasteiger partial charge on any atom is -0.380 e. The first-order valence-electron chi connectivity index (χ1n) is 6.96. The molecule has 2 unspecified atom stereocenters. The molecule has 0 aromatic carbocycles. The van der Waals surface area contributed by atoms with E-state index in [4.69, 9.17) is 4.74 Å². The van der Waals surface area contributed by atoms with Crippen LogP contribution in [-0.4, -0.2) is 50.3 Å². The topological polar surface area (TPSA) is 24.5 Å². The van der Waals surface area contributed by atoms with Gasteiger partial charge in [0.1, 0.15) is 0 Å². The summed E-state index contributed by atoms with van der Waals surface area (Å²) in [4.78, 5) is 2.55. The number of likely N-dealkylation sites (N-methyl/N-ethyl adjacent to an activating group) is 1. The van der Waals surface area contributed by atoms with E-state index in [0.717, 1.165) is 19.6 Å². The van der Waals surface area contributed by atoms with Crippen molar-refractivity contribution < 1.29 is 4.74 Å². The molecule has 0 radical (unpaired) electrons. The summed E-state index contributed by atoms with van der Waals surface area (Å²) in [7, 11) is 1.83. The maximum Gasteiger partial charge on any atom is 0.0698 e. The van der Waals surface area contributed by atoms with Crippen LogP contribution in [0.15, 0.2) is 0 Å². The molecule has 1 fully saturated rings. The van der Waals surface area contributed by atoms with Gasteiger partial charge in [-0.05, 0) is 31.3 Å². The van der Waals surface area contributed by atoms with Crippen LogP contribution in [-0.2, 0) is 4.74 Å². The zero-order valence-electron chi connectivity index (χ0n) is 12.3. The Morgan fingerprint density at radius 1 is 1.41 bits per heavy atom. The van der Waals surface area contributed by atoms with Crippen LogP contribution < -0.4 is 5.32 Å². The fourth-order valence-electron chi connectivity index (χ4n) is 2.52. The van der Waals surface area contributed by atoms with Crippen molar-refractivity contribution in [3.8, 4) is 0 Å². The van der Waals surface area contributed by atoms with Gasteiger partial charge < -0.3 is 10.1 Å². The minimum absolute atomic E-state index is 0.316. The Morgan fingerprint density at radius 3 is 2.65 bits per heavy atom. The van der Waals surface area contributed by atoms with Gasteiger partial charge in [0.05, 0.1) is 6.10 Å². The fraction of sp³-hybridized carbons (Fsp3) is 1.00. The zero-order valence-corrected chi connectivity index (χ0v) is 12.3. The number of nitrogens with one attached hydrogen (secondary N) is 1. The fourth-order valence-corrected chi connectivity index (χ4v) is 2.52. The van der Waals surface area contributed by atoms with Crippen molar-refractivity contribution in [3.05, 3.63) is 0 Å². The summed E-state index contributed by atoms with van der Waals surface area (Å²) >= 11 is 0. The highest BCUT2D eigenvalue weighted by molar-refractivity contribution is 4.85. The van der Waals surface area contributed by atoms with E-state index < -0.39 is 0 Å². The molecule has 0 bridgehead atoms. The number of methoxy groups -OCH3 is 1. The molecule has 1 saturated heterocycles. The van der Waals surface area contributed by atoms with Crippen molar-refractivity contribution in [2.45, 2.75) is 52.7 Å². The summed E-state index contributed by atoms with van der Waals surface area (Å²) < 4.78 is 5.49. The molecule has 0 spiro atoms. The second kappa shape index (κ2) is 6.72. The Bertz CT molecular complexity index is 213. The number of hydrogen-bond acceptors (Lipinski definition) is 3. The maximum atomic E-state index is 5.49. The van der Waals surface area contributed by atoms with Gasteiger partial charge in [0.15, 0.2) is 0 Å². The van der Waals surface area contributed by atoms with Gasteiger partial charge in [-0.15, -0.1) is 0 Å². The van der Waals surface area contributed by atoms with Gasteiger partial charge in [-0.25, -0.2) is 0 Å². The van der Waals surface area contributed by atoms with Gasteiger partial charge in [0.25, 0.3) is 0 Å². The zero-order chi connectivity index (χ0) is 12.9. The van der Waals surface area contributed by atoms with Gasteiger partial charge >= 0.3 is 0 Å². The minimum atomic E-state index is 0.316. The van der Waals surface area contributed by atoms with Crippen LogP contribution >= 0.6 is 0 Å². The first-order valence-corrected chi connectivity index (χ1v) is 6.96. The summed E-state index contributed by atoms with van der Waals surface area (Å²) in [6, 6.07) is 0.558. The quantitative estimate of drug-likeness (QED) is 0.799. The lowest BCUT2D eigenvalue weighted by Crippen LogP contribution is -2.51. The van der Waals surface area contributed by atoms with Gasteiger partial charge in [-0.2, -0.15) is 0 Å². The molecule has 1 aliphatic rings. The normalized spacial score (nSPS) is 24.9. The van der Waals surface area contributed by atoms with Crippen molar-refractivity contribution in [1.82, 2.24) is 10.2 Å². The number of likely N-dealkylation sites (tertiary alicyclic amines) is 1. The molecule has 0 saturated carbocycles. The van der Waals surface area contributed by atoms with Crippen LogP contribution in [0.3, 0.4) is 0 Å². The Morgan fingerprint density at radius 2 is 2.12 bits per heavy atom. The second-order valence-electron chi connectivity index (χ2n) is 6.24. The molecule has 102 valence electrons. The lowest BCUT2D eigenvalue weighted by molar-refractivity contribution is 0.0226. The number of ether oxygens (including phenoxy) is 1. The number of rotatable bonds is 5. The number of hydrogen-bond donors (Lipinski definition) is 1. The summed E-state index contributed by atoms with van der Waals surface area (Å²) in [5.41, 5.74) is 0.316. The Labute approximate surface area is 107 Å². The van der Waals surface area contributed by atoms with Crippen molar-refractivity contribution in [3.63, 3.8) is 0 Å². The van der Waals surface area contributed by atoms with Crippen LogP contribution in [0.5, 0.6) is 0 Å². The van der Waals surface area contributed by atoms with Crippen LogP contribution in [0.1, 0.15) is 40.5 Å². The molecular formula is C14H30N2O. The van der Waals surface area contributed by atoms with Gasteiger partial charge in [-0.3, -0.25) is 4.90 Å². The first kappa shape index (κ1) is 14.9. The van der Waals surface area contributed by atoms with Gasteiger partial charge in [0.2, 0.25) is 0 Å². The van der Waals surface area contributed by atoms with E-state index in [0.29, 0.717) is 17.6 Å². The van der Waals surface area contributed by atoms with Crippen molar-refractivity contribution in [1.29, 1.82) is 0 Å². The molecule has 3 nitrogen and oxygen atoms in total. The Balaban J connectivity index is 2.48. The molecule has 3 heteroatoms. The molecule has 17 heavy (non-hydrogen) atoms. The molecule has 0 aromatic rings. The number of nitrogens with zero attached hydrogens (tertiary/aromatic N) is 1. The maximum absolute atomic E-state index is 5.49. The molecule has 1 aliphatic heterocycles. The summed E-state index contributed by atoms with van der Waals surface area (Å²) in [5.74, 6) is 0. The number of piperidine rings is 1. The van der Waals surface area contributed by atoms with E-state index in [9.17, 15) is 0 Å². The van der Waals surface area contributed by atoms with E-state index in [-0.39, 0.29) is 0 Å². The third-order valence-electron chi connectivity index (χ3n) is 3.73. The van der Waals surface area contributed by atoms with Gasteiger partial charge in [0, 0.05) is 26.2 Å². The van der Waals surface area contributed by atoms with Crippen LogP contribution in [0.25, 0.3) is 0 Å². The molecule has 1 heterocycles. The third kappa shape index (κ3) is 4.94. The van der Waals surface area contributed by atoms with Crippen LogP contribution in [0.2, 0.25) is 0 Å². The first-order chi connectivity index (χ1) is 7.97. The molecular weight excluding hydrogens is 212 g/mol. The van der Waals surface area contributed by atoms with Crippen LogP contribution in [0, 0.1) is 5.41 Å². The summed E-state index contributed by atoms with van der Waals surface area (Å²) in [6.45, 7) is 13.6. The van der Waals surface area contributed by atoms with E-state index >= 15 is 0 Å². The molecule has 2 atom stereocenters. The standard InChI is InChI=1S/C14H30N2O/c1-6-15-13(14(2,3)4)11-16-9-7-8-12(10-16)17-5/h12-13,15H,6-11H2,1-5H3. The van der Waals surface area contributed by atoms with E-state index in [1.54, 1.807) is 0 Å². The van der Waals surface area contributed by atoms with Crippen molar-refractivity contribution in [2.75, 3.05) is 33.3 Å². The largest absolute Gasteiger partial charge is 0.380 e. The highest BCUT2D eigenvalue weighted by atomic mass is 16.5. The predicted octanol–water partition coefficient (Wildman–Crippen LogP) is 2.12. The monoisotopic (exact) mass is 242 g/mol. The SMILES string of the molecule is CCNC(CN1CCCC(OC)C1)C(C)(C)C. The summed E-state index contributed by atoms with van der Waals surface area (Å²) in [6.07, 6.45) is 2.92. The van der Waals surface area contributed by atoms with Crippen molar-refractivity contribution in [2.24, 2.45) is 5.41 Å². The van der Waals surface area contributed by atoms with Gasteiger partial charge in [-0.1, -0.05) is 27.7 Å². The average Bonchev–Trinajstić information content (AvgIpc) is 2.27. The average molecular weight is 242 g/mol. The highest BCUT2D eigenvalue weighted by Gasteiger charge is 2.28.